The van der Waals surface area contributed by atoms with Crippen molar-refractivity contribution < 1.29 is 9.18 Å². The third-order valence-electron chi connectivity index (χ3n) is 6.67. The quantitative estimate of drug-likeness (QED) is 0.425. The molecule has 8 nitrogen and oxygen atoms in total. The van der Waals surface area contributed by atoms with Gasteiger partial charge in [0.05, 0.1) is 27.3 Å². The third-order valence-corrected chi connectivity index (χ3v) is 6.96. The molecule has 182 valence electrons. The number of nitrogens with zero attached hydrogens (tertiary/aromatic N) is 5. The highest BCUT2D eigenvalue weighted by molar-refractivity contribution is 6.37. The summed E-state index contributed by atoms with van der Waals surface area (Å²) in [6, 6.07) is 5.96. The van der Waals surface area contributed by atoms with Gasteiger partial charge in [0.15, 0.2) is 17.3 Å². The van der Waals surface area contributed by atoms with Crippen molar-refractivity contribution in [3.8, 4) is 0 Å². The Balaban J connectivity index is 1.45. The number of aromatic nitrogens is 4. The molecule has 0 unspecified atom stereocenters. The molecule has 0 radical (unpaired) electrons. The molecule has 3 aromatic heterocycles. The van der Waals surface area contributed by atoms with Gasteiger partial charge < -0.3 is 19.9 Å². The fourth-order valence-corrected chi connectivity index (χ4v) is 5.35. The van der Waals surface area contributed by atoms with E-state index >= 15 is 0 Å². The van der Waals surface area contributed by atoms with Crippen molar-refractivity contribution in [3.05, 3.63) is 47.1 Å². The lowest BCUT2D eigenvalue weighted by atomic mass is 10.1. The summed E-state index contributed by atoms with van der Waals surface area (Å²) in [5, 5.41) is 12.5. The number of piperazine rings is 1. The van der Waals surface area contributed by atoms with Gasteiger partial charge in [-0.3, -0.25) is 4.79 Å². The molecular formula is C25H27ClFN7O. The molecule has 0 amide bonds. The van der Waals surface area contributed by atoms with Crippen molar-refractivity contribution in [2.24, 2.45) is 5.92 Å². The molecular weight excluding hydrogens is 469 g/mol. The predicted octanol–water partition coefficient (Wildman–Crippen LogP) is 4.77. The SMILES string of the molecule is Cc1cn2cc(Nc3nn(C(=O)C4CC4)c4cc(N5C[C@@H](C)N[C@@H](C)C5)cc(Cl)c34)cc(F)c2n1. The molecule has 0 spiro atoms. The lowest BCUT2D eigenvalue weighted by molar-refractivity contribution is 0.0876. The number of benzene rings is 1. The zero-order valence-electron chi connectivity index (χ0n) is 19.8. The summed E-state index contributed by atoms with van der Waals surface area (Å²) in [5.41, 5.74) is 3.08. The lowest BCUT2D eigenvalue weighted by Gasteiger charge is -2.37. The average Bonchev–Trinajstić information content (AvgIpc) is 3.48. The van der Waals surface area contributed by atoms with E-state index in [2.05, 4.69) is 39.5 Å². The van der Waals surface area contributed by atoms with Gasteiger partial charge in [0.1, 0.15) is 0 Å². The number of halogens is 2. The van der Waals surface area contributed by atoms with Crippen LogP contribution in [0.15, 0.2) is 30.6 Å². The molecule has 0 bridgehead atoms. The van der Waals surface area contributed by atoms with Crippen LogP contribution in [0, 0.1) is 18.7 Å². The molecule has 4 heterocycles. The predicted molar refractivity (Wildman–Crippen MR) is 136 cm³/mol. The maximum absolute atomic E-state index is 14.7. The molecule has 1 aromatic carbocycles. The van der Waals surface area contributed by atoms with Gasteiger partial charge >= 0.3 is 0 Å². The van der Waals surface area contributed by atoms with Gasteiger partial charge in [0.25, 0.3) is 5.91 Å². The van der Waals surface area contributed by atoms with Crippen molar-refractivity contribution >= 4 is 51.3 Å². The second kappa shape index (κ2) is 8.20. The van der Waals surface area contributed by atoms with Crippen LogP contribution in [0.3, 0.4) is 0 Å². The largest absolute Gasteiger partial charge is 0.368 e. The average molecular weight is 496 g/mol. The number of fused-ring (bicyclic) bond motifs is 2. The molecule has 1 aliphatic heterocycles. The van der Waals surface area contributed by atoms with E-state index in [0.29, 0.717) is 39.5 Å². The van der Waals surface area contributed by atoms with Gasteiger partial charge in [-0.25, -0.2) is 9.37 Å². The van der Waals surface area contributed by atoms with E-state index in [1.54, 1.807) is 16.8 Å². The van der Waals surface area contributed by atoms with Crippen molar-refractivity contribution in [2.75, 3.05) is 23.3 Å². The van der Waals surface area contributed by atoms with Crippen LogP contribution in [0.5, 0.6) is 0 Å². The second-order valence-corrected chi connectivity index (χ2v) is 10.3. The zero-order valence-corrected chi connectivity index (χ0v) is 20.6. The minimum Gasteiger partial charge on any atom is -0.368 e. The molecule has 1 saturated carbocycles. The normalized spacial score (nSPS) is 20.7. The minimum absolute atomic E-state index is 0.0182. The fourth-order valence-electron chi connectivity index (χ4n) is 5.05. The van der Waals surface area contributed by atoms with Crippen LogP contribution >= 0.6 is 11.6 Å². The summed E-state index contributed by atoms with van der Waals surface area (Å²) in [7, 11) is 0. The Morgan fingerprint density at radius 2 is 1.91 bits per heavy atom. The number of hydrogen-bond donors (Lipinski definition) is 2. The molecule has 35 heavy (non-hydrogen) atoms. The van der Waals surface area contributed by atoms with E-state index in [1.807, 2.05) is 19.1 Å². The van der Waals surface area contributed by atoms with E-state index in [0.717, 1.165) is 37.3 Å². The Morgan fingerprint density at radius 1 is 1.17 bits per heavy atom. The van der Waals surface area contributed by atoms with Crippen LogP contribution in [0.1, 0.15) is 37.2 Å². The number of nitrogens with one attached hydrogen (secondary N) is 2. The Kier molecular flexibility index (Phi) is 5.23. The maximum Gasteiger partial charge on any atom is 0.250 e. The van der Waals surface area contributed by atoms with Gasteiger partial charge in [0.2, 0.25) is 0 Å². The number of carbonyl (C=O) groups excluding carboxylic acids is 1. The Labute approximate surface area is 207 Å². The highest BCUT2D eigenvalue weighted by Gasteiger charge is 2.34. The zero-order chi connectivity index (χ0) is 24.4. The van der Waals surface area contributed by atoms with E-state index in [1.165, 1.54) is 10.7 Å². The minimum atomic E-state index is -0.448. The summed E-state index contributed by atoms with van der Waals surface area (Å²) in [6.45, 7) is 7.81. The lowest BCUT2D eigenvalue weighted by Crippen LogP contribution is -2.54. The summed E-state index contributed by atoms with van der Waals surface area (Å²) >= 11 is 6.83. The molecule has 10 heteroatoms. The number of imidazole rings is 1. The van der Waals surface area contributed by atoms with E-state index in [9.17, 15) is 9.18 Å². The smallest absolute Gasteiger partial charge is 0.250 e. The van der Waals surface area contributed by atoms with Crippen molar-refractivity contribution in [1.29, 1.82) is 0 Å². The van der Waals surface area contributed by atoms with Gasteiger partial charge in [-0.2, -0.15) is 4.68 Å². The first-order valence-electron chi connectivity index (χ1n) is 12.0. The summed E-state index contributed by atoms with van der Waals surface area (Å²) in [4.78, 5) is 19.6. The summed E-state index contributed by atoms with van der Waals surface area (Å²) < 4.78 is 17.8. The number of rotatable bonds is 4. The molecule has 1 aliphatic carbocycles. The molecule has 2 aliphatic rings. The number of carbonyl (C=O) groups is 1. The fraction of sp³-hybridized carbons (Fsp3) is 0.400. The topological polar surface area (TPSA) is 79.5 Å². The maximum atomic E-state index is 14.7. The number of pyridine rings is 1. The standard InChI is InChI=1S/C25H27ClFN7O/c1-13-9-32(10-14(2)28-13)18-7-19(26)22-21(8-18)34(25(35)16-4-5-16)31-23(22)30-17-6-20(27)24-29-15(3)11-33(24)12-17/h6-8,11-14,16,28H,4-5,9-10H2,1-3H3,(H,30,31)/t13-,14+. The Bertz CT molecular complexity index is 1460. The van der Waals surface area contributed by atoms with Crippen LogP contribution in [-0.4, -0.2) is 50.2 Å². The number of hydrogen-bond acceptors (Lipinski definition) is 6. The Hall–Kier alpha value is -3.17. The van der Waals surface area contributed by atoms with Crippen molar-refractivity contribution in [2.45, 2.75) is 45.7 Å². The molecule has 2 N–H and O–H groups in total. The Morgan fingerprint density at radius 3 is 2.63 bits per heavy atom. The number of aryl methyl sites for hydroxylation is 1. The van der Waals surface area contributed by atoms with Gasteiger partial charge in [-0.1, -0.05) is 11.6 Å². The van der Waals surface area contributed by atoms with Gasteiger partial charge in [-0.15, -0.1) is 5.10 Å². The first-order valence-corrected chi connectivity index (χ1v) is 12.3. The van der Waals surface area contributed by atoms with Crippen LogP contribution in [0.4, 0.5) is 21.6 Å². The summed E-state index contributed by atoms with van der Waals surface area (Å²) in [6.07, 6.45) is 5.24. The third kappa shape index (κ3) is 4.02. The van der Waals surface area contributed by atoms with Crippen LogP contribution < -0.4 is 15.5 Å². The number of anilines is 3. The first-order chi connectivity index (χ1) is 16.8. The molecule has 2 atom stereocenters. The van der Waals surface area contributed by atoms with E-state index in [4.69, 9.17) is 11.6 Å². The van der Waals surface area contributed by atoms with Crippen molar-refractivity contribution in [3.63, 3.8) is 0 Å². The monoisotopic (exact) mass is 495 g/mol. The molecule has 2 fully saturated rings. The van der Waals surface area contributed by atoms with Crippen molar-refractivity contribution in [1.82, 2.24) is 24.5 Å². The molecule has 6 rings (SSSR count). The molecule has 4 aromatic rings. The highest BCUT2D eigenvalue weighted by atomic mass is 35.5. The second-order valence-electron chi connectivity index (χ2n) is 9.88. The van der Waals surface area contributed by atoms with Gasteiger partial charge in [-0.05, 0) is 45.7 Å². The van der Waals surface area contributed by atoms with E-state index in [-0.39, 0.29) is 17.5 Å². The van der Waals surface area contributed by atoms with Crippen LogP contribution in [0.25, 0.3) is 16.6 Å². The first kappa shape index (κ1) is 22.3. The van der Waals surface area contributed by atoms with Crippen LogP contribution in [0.2, 0.25) is 5.02 Å². The summed E-state index contributed by atoms with van der Waals surface area (Å²) in [5.74, 6) is -0.0834. The molecule has 1 saturated heterocycles. The highest BCUT2D eigenvalue weighted by Crippen LogP contribution is 2.39. The van der Waals surface area contributed by atoms with E-state index < -0.39 is 5.82 Å². The van der Waals surface area contributed by atoms with Gasteiger partial charge in [0, 0.05) is 55.2 Å². The van der Waals surface area contributed by atoms with Crippen LogP contribution in [-0.2, 0) is 0 Å².